The molecule has 0 aromatic carbocycles. The maximum atomic E-state index is 12.0. The first-order valence-corrected chi connectivity index (χ1v) is 7.88. The molecule has 114 valence electrons. The van der Waals surface area contributed by atoms with E-state index in [-0.39, 0.29) is 24.1 Å². The topological polar surface area (TPSA) is 73.6 Å². The number of esters is 1. The smallest absolute Gasteiger partial charge is 0.306 e. The molecule has 2 aromatic rings. The molecule has 2 rings (SSSR count). The van der Waals surface area contributed by atoms with E-state index >= 15 is 0 Å². The molecule has 0 saturated heterocycles. The average molecular weight is 309 g/mol. The molecule has 0 atom stereocenters. The van der Waals surface area contributed by atoms with Gasteiger partial charge in [0.05, 0.1) is 5.69 Å². The number of hydrogen-bond donors (Lipinski definition) is 0. The van der Waals surface area contributed by atoms with Crippen LogP contribution in [0.1, 0.15) is 56.7 Å². The van der Waals surface area contributed by atoms with Gasteiger partial charge >= 0.3 is 5.97 Å². The fourth-order valence-corrected chi connectivity index (χ4v) is 2.65. The van der Waals surface area contributed by atoms with Crippen LogP contribution in [0.4, 0.5) is 0 Å². The molecule has 6 nitrogen and oxygen atoms in total. The second kappa shape index (κ2) is 6.80. The Morgan fingerprint density at radius 2 is 2.24 bits per heavy atom. The Morgan fingerprint density at radius 3 is 2.90 bits per heavy atom. The van der Waals surface area contributed by atoms with E-state index < -0.39 is 0 Å². The summed E-state index contributed by atoms with van der Waals surface area (Å²) in [6.07, 6.45) is 2.15. The molecule has 0 aliphatic heterocycles. The highest BCUT2D eigenvalue weighted by molar-refractivity contribution is 7.16. The van der Waals surface area contributed by atoms with Crippen LogP contribution in [-0.4, -0.2) is 20.6 Å². The molecule has 0 spiro atoms. The number of carbonyl (C=O) groups is 1. The lowest BCUT2D eigenvalue weighted by Crippen LogP contribution is -2.16. The van der Waals surface area contributed by atoms with Crippen molar-refractivity contribution in [1.29, 1.82) is 0 Å². The quantitative estimate of drug-likeness (QED) is 0.767. The van der Waals surface area contributed by atoms with E-state index in [0.717, 1.165) is 17.8 Å². The first-order chi connectivity index (χ1) is 10.0. The zero-order chi connectivity index (χ0) is 15.4. The van der Waals surface area contributed by atoms with Gasteiger partial charge in [0.15, 0.2) is 0 Å². The summed E-state index contributed by atoms with van der Waals surface area (Å²) >= 11 is 1.38. The Hall–Kier alpha value is -1.76. The first-order valence-electron chi connectivity index (χ1n) is 7.06. The third kappa shape index (κ3) is 3.87. The maximum Gasteiger partial charge on any atom is 0.306 e. The van der Waals surface area contributed by atoms with Crippen LogP contribution >= 0.6 is 11.3 Å². The lowest BCUT2D eigenvalue weighted by Gasteiger charge is -2.03. The van der Waals surface area contributed by atoms with E-state index in [1.807, 2.05) is 20.8 Å². The number of carbonyl (C=O) groups excluding carboxylic acids is 1. The summed E-state index contributed by atoms with van der Waals surface area (Å²) in [4.78, 5) is 28.3. The van der Waals surface area contributed by atoms with E-state index in [1.165, 1.54) is 21.9 Å². The fraction of sp³-hybridized carbons (Fsp3) is 0.571. The van der Waals surface area contributed by atoms with Crippen molar-refractivity contribution in [2.24, 2.45) is 0 Å². The van der Waals surface area contributed by atoms with Gasteiger partial charge < -0.3 is 4.74 Å². The SMILES string of the molecule is CCCCC(=O)OCc1cc(=O)n2nc(C(C)C)sc2n1. The van der Waals surface area contributed by atoms with E-state index in [4.69, 9.17) is 4.74 Å². The number of unbranched alkanes of at least 4 members (excludes halogenated alkanes) is 1. The summed E-state index contributed by atoms with van der Waals surface area (Å²) in [5.74, 6) is -0.0163. The molecule has 0 fully saturated rings. The lowest BCUT2D eigenvalue weighted by atomic mass is 10.2. The summed E-state index contributed by atoms with van der Waals surface area (Å²) in [5, 5.41) is 5.10. The van der Waals surface area contributed by atoms with Gasteiger partial charge in [-0.15, -0.1) is 0 Å². The Bertz CT molecular complexity index is 690. The van der Waals surface area contributed by atoms with E-state index in [1.54, 1.807) is 0 Å². The van der Waals surface area contributed by atoms with Gasteiger partial charge in [-0.25, -0.2) is 4.98 Å². The highest BCUT2D eigenvalue weighted by atomic mass is 32.1. The normalized spacial score (nSPS) is 11.2. The molecule has 0 aliphatic carbocycles. The van der Waals surface area contributed by atoms with Gasteiger partial charge in [0, 0.05) is 18.4 Å². The molecule has 0 bridgehead atoms. The molecule has 0 N–H and O–H groups in total. The third-order valence-electron chi connectivity index (χ3n) is 2.92. The van der Waals surface area contributed by atoms with Crippen molar-refractivity contribution >= 4 is 22.3 Å². The van der Waals surface area contributed by atoms with Crippen molar-refractivity contribution in [2.75, 3.05) is 0 Å². The highest BCUT2D eigenvalue weighted by Crippen LogP contribution is 2.19. The van der Waals surface area contributed by atoms with Crippen LogP contribution in [0.5, 0.6) is 0 Å². The molecular formula is C14H19N3O3S. The van der Waals surface area contributed by atoms with Crippen LogP contribution in [0.25, 0.3) is 4.96 Å². The van der Waals surface area contributed by atoms with Crippen molar-refractivity contribution < 1.29 is 9.53 Å². The first kappa shape index (κ1) is 15.6. The molecule has 2 aromatic heterocycles. The van der Waals surface area contributed by atoms with Gasteiger partial charge in [-0.05, 0) is 6.42 Å². The minimum Gasteiger partial charge on any atom is -0.459 e. The highest BCUT2D eigenvalue weighted by Gasteiger charge is 2.12. The van der Waals surface area contributed by atoms with Gasteiger partial charge in [-0.1, -0.05) is 38.5 Å². The Balaban J connectivity index is 2.14. The van der Waals surface area contributed by atoms with Crippen molar-refractivity contribution in [3.8, 4) is 0 Å². The second-order valence-corrected chi connectivity index (χ2v) is 6.13. The molecule has 2 heterocycles. The average Bonchev–Trinajstić information content (AvgIpc) is 2.87. The monoisotopic (exact) mass is 309 g/mol. The molecule has 0 aliphatic rings. The van der Waals surface area contributed by atoms with Crippen LogP contribution in [0, 0.1) is 0 Å². The zero-order valence-electron chi connectivity index (χ0n) is 12.5. The Kier molecular flexibility index (Phi) is 5.06. The van der Waals surface area contributed by atoms with Crippen LogP contribution < -0.4 is 5.56 Å². The Morgan fingerprint density at radius 1 is 1.48 bits per heavy atom. The summed E-state index contributed by atoms with van der Waals surface area (Å²) in [6, 6.07) is 1.37. The summed E-state index contributed by atoms with van der Waals surface area (Å²) in [5.41, 5.74) is 0.214. The standard InChI is InChI=1S/C14H19N3O3S/c1-4-5-6-12(19)20-8-10-7-11(18)17-14(15-10)21-13(16-17)9(2)3/h7,9H,4-6,8H2,1-3H3. The van der Waals surface area contributed by atoms with Crippen molar-refractivity contribution in [2.45, 2.75) is 52.6 Å². The van der Waals surface area contributed by atoms with Crippen LogP contribution in [0.3, 0.4) is 0 Å². The predicted molar refractivity (Wildman–Crippen MR) is 80.5 cm³/mol. The van der Waals surface area contributed by atoms with E-state index in [0.29, 0.717) is 17.1 Å². The molecule has 7 heteroatoms. The zero-order valence-corrected chi connectivity index (χ0v) is 13.3. The van der Waals surface area contributed by atoms with Gasteiger partial charge in [0.1, 0.15) is 11.6 Å². The summed E-state index contributed by atoms with van der Waals surface area (Å²) < 4.78 is 6.42. The van der Waals surface area contributed by atoms with Crippen LogP contribution in [0.15, 0.2) is 10.9 Å². The van der Waals surface area contributed by atoms with E-state index in [9.17, 15) is 9.59 Å². The van der Waals surface area contributed by atoms with Crippen molar-refractivity contribution in [3.05, 3.63) is 27.1 Å². The third-order valence-corrected chi connectivity index (χ3v) is 4.13. The van der Waals surface area contributed by atoms with Crippen LogP contribution in [-0.2, 0) is 16.1 Å². The molecule has 0 amide bonds. The van der Waals surface area contributed by atoms with E-state index in [2.05, 4.69) is 10.1 Å². The molecule has 21 heavy (non-hydrogen) atoms. The number of nitrogens with zero attached hydrogens (tertiary/aromatic N) is 3. The minimum atomic E-state index is -0.258. The minimum absolute atomic E-state index is 0.0310. The molecular weight excluding hydrogens is 290 g/mol. The molecule has 0 unspecified atom stereocenters. The van der Waals surface area contributed by atoms with Gasteiger partial charge in [0.2, 0.25) is 4.96 Å². The Labute approximate surface area is 126 Å². The van der Waals surface area contributed by atoms with Gasteiger partial charge in [-0.2, -0.15) is 9.61 Å². The summed E-state index contributed by atoms with van der Waals surface area (Å²) in [7, 11) is 0. The number of ether oxygens (including phenoxy) is 1. The fourth-order valence-electron chi connectivity index (χ4n) is 1.73. The number of aromatic nitrogens is 3. The molecule has 0 radical (unpaired) electrons. The maximum absolute atomic E-state index is 12.0. The van der Waals surface area contributed by atoms with Crippen molar-refractivity contribution in [1.82, 2.24) is 14.6 Å². The number of hydrogen-bond acceptors (Lipinski definition) is 6. The number of fused-ring (bicyclic) bond motifs is 1. The summed E-state index contributed by atoms with van der Waals surface area (Å²) in [6.45, 7) is 6.07. The van der Waals surface area contributed by atoms with Crippen molar-refractivity contribution in [3.63, 3.8) is 0 Å². The largest absolute Gasteiger partial charge is 0.459 e. The lowest BCUT2D eigenvalue weighted by molar-refractivity contribution is -0.145. The number of rotatable bonds is 6. The van der Waals surface area contributed by atoms with Crippen LogP contribution in [0.2, 0.25) is 0 Å². The molecule has 0 saturated carbocycles. The predicted octanol–water partition coefficient (Wildman–Crippen LogP) is 2.51. The second-order valence-electron chi connectivity index (χ2n) is 5.14. The van der Waals surface area contributed by atoms with Gasteiger partial charge in [0.25, 0.3) is 5.56 Å². The van der Waals surface area contributed by atoms with Gasteiger partial charge in [-0.3, -0.25) is 9.59 Å².